The van der Waals surface area contributed by atoms with Gasteiger partial charge in [0.05, 0.1) is 17.0 Å². The van der Waals surface area contributed by atoms with Crippen LogP contribution in [-0.2, 0) is 16.4 Å². The van der Waals surface area contributed by atoms with Gasteiger partial charge in [-0.05, 0) is 69.8 Å². The van der Waals surface area contributed by atoms with E-state index in [1.165, 1.54) is 18.4 Å². The van der Waals surface area contributed by atoms with E-state index in [2.05, 4.69) is 10.0 Å². The van der Waals surface area contributed by atoms with Crippen molar-refractivity contribution >= 4 is 10.0 Å². The van der Waals surface area contributed by atoms with Crippen LogP contribution in [0.15, 0.2) is 29.2 Å². The second-order valence-electron chi connectivity index (χ2n) is 6.69. The summed E-state index contributed by atoms with van der Waals surface area (Å²) < 4.78 is 27.1. The minimum atomic E-state index is -3.60. The second-order valence-corrected chi connectivity index (χ2v) is 8.37. The Hall–Kier alpha value is -0.950. The summed E-state index contributed by atoms with van der Waals surface area (Å²) in [5.41, 5.74) is 0.305. The first-order chi connectivity index (χ1) is 10.3. The molecule has 0 saturated carbocycles. The fraction of sp³-hybridized carbons (Fsp3) is 0.625. The van der Waals surface area contributed by atoms with Crippen molar-refractivity contribution in [2.75, 3.05) is 19.7 Å². The quantitative estimate of drug-likeness (QED) is 0.736. The van der Waals surface area contributed by atoms with Gasteiger partial charge < -0.3 is 10.4 Å². The summed E-state index contributed by atoms with van der Waals surface area (Å²) in [6, 6.07) is 7.07. The molecule has 124 valence electrons. The van der Waals surface area contributed by atoms with Gasteiger partial charge in [0.1, 0.15) is 0 Å². The Morgan fingerprint density at radius 3 is 2.36 bits per heavy atom. The van der Waals surface area contributed by atoms with Gasteiger partial charge in [0, 0.05) is 0 Å². The molecule has 0 unspecified atom stereocenters. The lowest BCUT2D eigenvalue weighted by molar-refractivity contribution is 0.208. The van der Waals surface area contributed by atoms with Crippen molar-refractivity contribution in [2.45, 2.75) is 43.5 Å². The van der Waals surface area contributed by atoms with Crippen molar-refractivity contribution < 1.29 is 13.5 Å². The molecule has 1 heterocycles. The molecule has 1 aliphatic heterocycles. The van der Waals surface area contributed by atoms with E-state index in [1.54, 1.807) is 26.0 Å². The lowest BCUT2D eigenvalue weighted by atomic mass is 9.91. The number of hydrogen-bond donors (Lipinski definition) is 3. The highest BCUT2D eigenvalue weighted by Gasteiger charge is 2.25. The van der Waals surface area contributed by atoms with Crippen LogP contribution < -0.4 is 10.0 Å². The maximum absolute atomic E-state index is 12.3. The summed E-state index contributed by atoms with van der Waals surface area (Å²) in [6.45, 7) is 5.18. The third-order valence-corrected chi connectivity index (χ3v) is 5.74. The topological polar surface area (TPSA) is 78.4 Å². The number of aliphatic hydroxyl groups is 1. The molecule has 2 rings (SSSR count). The predicted octanol–water partition coefficient (Wildman–Crippen LogP) is 1.28. The van der Waals surface area contributed by atoms with Crippen molar-refractivity contribution in [3.63, 3.8) is 0 Å². The summed E-state index contributed by atoms with van der Waals surface area (Å²) in [5.74, 6) is 0.676. The minimum Gasteiger partial charge on any atom is -0.394 e. The Bertz CT molecular complexity index is 576. The fourth-order valence-electron chi connectivity index (χ4n) is 2.68. The Morgan fingerprint density at radius 2 is 1.82 bits per heavy atom. The molecule has 22 heavy (non-hydrogen) atoms. The fourth-order valence-corrected chi connectivity index (χ4v) is 4.08. The first-order valence-electron chi connectivity index (χ1n) is 7.77. The van der Waals surface area contributed by atoms with Crippen LogP contribution >= 0.6 is 0 Å². The highest BCUT2D eigenvalue weighted by atomic mass is 32.2. The monoisotopic (exact) mass is 326 g/mol. The molecule has 0 amide bonds. The zero-order valence-electron chi connectivity index (χ0n) is 13.3. The molecular weight excluding hydrogens is 300 g/mol. The molecule has 0 radical (unpaired) electrons. The molecule has 0 aromatic heterocycles. The summed E-state index contributed by atoms with van der Waals surface area (Å²) in [4.78, 5) is 0.239. The highest BCUT2D eigenvalue weighted by molar-refractivity contribution is 7.89. The number of sulfonamides is 1. The average Bonchev–Trinajstić information content (AvgIpc) is 2.48. The maximum atomic E-state index is 12.3. The standard InChI is InChI=1S/C16H26N2O3S/c1-16(2,12-19)18-22(20,21)15-5-3-13(4-6-15)11-14-7-9-17-10-8-14/h3-6,14,17-19H,7-12H2,1-2H3. The zero-order chi connectivity index (χ0) is 16.2. The van der Waals surface area contributed by atoms with Crippen LogP contribution in [0.1, 0.15) is 32.3 Å². The van der Waals surface area contributed by atoms with Gasteiger partial charge >= 0.3 is 0 Å². The Balaban J connectivity index is 2.04. The molecule has 0 atom stereocenters. The summed E-state index contributed by atoms with van der Waals surface area (Å²) in [6.07, 6.45) is 3.34. The predicted molar refractivity (Wildman–Crippen MR) is 87.2 cm³/mol. The maximum Gasteiger partial charge on any atom is 0.241 e. The first kappa shape index (κ1) is 17.4. The van der Waals surface area contributed by atoms with E-state index in [4.69, 9.17) is 0 Å². The van der Waals surface area contributed by atoms with Crippen molar-refractivity contribution in [1.29, 1.82) is 0 Å². The van der Waals surface area contributed by atoms with E-state index >= 15 is 0 Å². The van der Waals surface area contributed by atoms with Gasteiger partial charge in [0.25, 0.3) is 0 Å². The molecule has 1 aromatic carbocycles. The molecular formula is C16H26N2O3S. The van der Waals surface area contributed by atoms with Crippen molar-refractivity contribution in [1.82, 2.24) is 10.0 Å². The molecule has 3 N–H and O–H groups in total. The van der Waals surface area contributed by atoms with Crippen molar-refractivity contribution in [3.05, 3.63) is 29.8 Å². The Kier molecular flexibility index (Phi) is 5.60. The van der Waals surface area contributed by atoms with Gasteiger partial charge in [-0.15, -0.1) is 0 Å². The number of rotatable bonds is 6. The molecule has 1 fully saturated rings. The Labute approximate surface area is 133 Å². The van der Waals surface area contributed by atoms with Gasteiger partial charge in [-0.2, -0.15) is 0 Å². The van der Waals surface area contributed by atoms with Gasteiger partial charge in [-0.1, -0.05) is 12.1 Å². The highest BCUT2D eigenvalue weighted by Crippen LogP contribution is 2.20. The zero-order valence-corrected chi connectivity index (χ0v) is 14.1. The molecule has 0 spiro atoms. The number of nitrogens with one attached hydrogen (secondary N) is 2. The Morgan fingerprint density at radius 1 is 1.23 bits per heavy atom. The van der Waals surface area contributed by atoms with Gasteiger partial charge in [0.2, 0.25) is 10.0 Å². The number of benzene rings is 1. The molecule has 1 aromatic rings. The van der Waals surface area contributed by atoms with Crippen LogP contribution in [0.4, 0.5) is 0 Å². The van der Waals surface area contributed by atoms with Crippen LogP contribution in [0, 0.1) is 5.92 Å². The number of aliphatic hydroxyl groups excluding tert-OH is 1. The SMILES string of the molecule is CC(C)(CO)NS(=O)(=O)c1ccc(CC2CCNCC2)cc1. The van der Waals surface area contributed by atoms with Crippen LogP contribution in [0.3, 0.4) is 0 Å². The van der Waals surface area contributed by atoms with Crippen LogP contribution in [0.25, 0.3) is 0 Å². The summed E-state index contributed by atoms with van der Waals surface area (Å²) in [7, 11) is -3.60. The molecule has 0 bridgehead atoms. The lowest BCUT2D eigenvalue weighted by Gasteiger charge is -2.24. The van der Waals surface area contributed by atoms with Crippen molar-refractivity contribution in [3.8, 4) is 0 Å². The largest absolute Gasteiger partial charge is 0.394 e. The van der Waals surface area contributed by atoms with Crippen LogP contribution in [0.2, 0.25) is 0 Å². The lowest BCUT2D eigenvalue weighted by Crippen LogP contribution is -2.46. The average molecular weight is 326 g/mol. The number of hydrogen-bond acceptors (Lipinski definition) is 4. The molecule has 1 aliphatic rings. The van der Waals surface area contributed by atoms with E-state index in [0.29, 0.717) is 5.92 Å². The van der Waals surface area contributed by atoms with Gasteiger partial charge in [-0.3, -0.25) is 0 Å². The smallest absolute Gasteiger partial charge is 0.241 e. The molecule has 0 aliphatic carbocycles. The molecule has 6 heteroatoms. The second kappa shape index (κ2) is 7.08. The minimum absolute atomic E-state index is 0.239. The van der Waals surface area contributed by atoms with E-state index in [0.717, 1.165) is 19.5 Å². The molecule has 5 nitrogen and oxygen atoms in total. The third-order valence-electron chi connectivity index (χ3n) is 4.02. The van der Waals surface area contributed by atoms with E-state index in [1.807, 2.05) is 12.1 Å². The van der Waals surface area contributed by atoms with E-state index in [-0.39, 0.29) is 11.5 Å². The summed E-state index contributed by atoms with van der Waals surface area (Å²) >= 11 is 0. The number of piperidine rings is 1. The van der Waals surface area contributed by atoms with Gasteiger partial charge in [-0.25, -0.2) is 13.1 Å². The molecule has 1 saturated heterocycles. The van der Waals surface area contributed by atoms with Crippen LogP contribution in [0.5, 0.6) is 0 Å². The third kappa shape index (κ3) is 4.78. The van der Waals surface area contributed by atoms with E-state index < -0.39 is 15.6 Å². The van der Waals surface area contributed by atoms with E-state index in [9.17, 15) is 13.5 Å². The van der Waals surface area contributed by atoms with Crippen LogP contribution in [-0.4, -0.2) is 38.8 Å². The van der Waals surface area contributed by atoms with Gasteiger partial charge in [0.15, 0.2) is 0 Å². The normalized spacial score (nSPS) is 17.6. The first-order valence-corrected chi connectivity index (χ1v) is 9.25. The van der Waals surface area contributed by atoms with Crippen molar-refractivity contribution in [2.24, 2.45) is 5.92 Å². The summed E-state index contributed by atoms with van der Waals surface area (Å²) in [5, 5.41) is 12.5.